The van der Waals surface area contributed by atoms with Gasteiger partial charge in [0.2, 0.25) is 5.91 Å². The Morgan fingerprint density at radius 2 is 1.86 bits per heavy atom. The molecule has 0 saturated carbocycles. The molecule has 10 nitrogen and oxygen atoms in total. The fourth-order valence-corrected chi connectivity index (χ4v) is 4.34. The molecule has 194 valence electrons. The molecule has 0 aromatic heterocycles. The molecule has 5 rings (SSSR count). The summed E-state index contributed by atoms with van der Waals surface area (Å²) in [5.74, 6) is -3.35. The standard InChI is InChI=1S/C24H22F3N5O5/c25-13-5-12(6-14(26)7-13)18-3-4-29-32(18)24(35)31-10-15(11-31)36-20-9-17-21(8-16(20)27)37-19(23(34)30-17)1-2-22(28)33/h4-9,15,18-19H,1-3,10-11H2,(H2,28,33)(H,30,34). The summed E-state index contributed by atoms with van der Waals surface area (Å²) < 4.78 is 53.2. The van der Waals surface area contributed by atoms with Gasteiger partial charge in [-0.25, -0.2) is 23.0 Å². The third-order valence-corrected chi connectivity index (χ3v) is 6.21. The molecule has 3 N–H and O–H groups in total. The van der Waals surface area contributed by atoms with Crippen LogP contribution >= 0.6 is 0 Å². The zero-order valence-electron chi connectivity index (χ0n) is 19.3. The molecule has 3 aliphatic rings. The highest BCUT2D eigenvalue weighted by Gasteiger charge is 2.39. The summed E-state index contributed by atoms with van der Waals surface area (Å²) >= 11 is 0. The Kier molecular flexibility index (Phi) is 6.36. The van der Waals surface area contributed by atoms with Gasteiger partial charge in [0.05, 0.1) is 24.8 Å². The van der Waals surface area contributed by atoms with Crippen LogP contribution in [-0.2, 0) is 9.59 Å². The molecule has 1 fully saturated rings. The van der Waals surface area contributed by atoms with Gasteiger partial charge in [-0.05, 0) is 17.7 Å². The molecule has 0 spiro atoms. The Labute approximate surface area is 208 Å². The van der Waals surface area contributed by atoms with Crippen molar-refractivity contribution in [2.75, 3.05) is 18.4 Å². The van der Waals surface area contributed by atoms with E-state index in [9.17, 15) is 27.6 Å². The Morgan fingerprint density at radius 3 is 2.57 bits per heavy atom. The Morgan fingerprint density at radius 1 is 1.14 bits per heavy atom. The zero-order chi connectivity index (χ0) is 26.3. The van der Waals surface area contributed by atoms with Crippen LogP contribution in [-0.4, -0.2) is 59.3 Å². The molecule has 4 amide bonds. The van der Waals surface area contributed by atoms with E-state index in [1.54, 1.807) is 0 Å². The van der Waals surface area contributed by atoms with E-state index in [1.807, 2.05) is 0 Å². The van der Waals surface area contributed by atoms with Gasteiger partial charge in [0.15, 0.2) is 17.7 Å². The lowest BCUT2D eigenvalue weighted by molar-refractivity contribution is -0.124. The van der Waals surface area contributed by atoms with Crippen LogP contribution in [0, 0.1) is 17.5 Å². The Hall–Kier alpha value is -4.29. The highest BCUT2D eigenvalue weighted by Crippen LogP contribution is 2.37. The number of ether oxygens (including phenoxy) is 2. The number of hydrogen-bond donors (Lipinski definition) is 2. The molecular weight excluding hydrogens is 495 g/mol. The maximum atomic E-state index is 14.7. The van der Waals surface area contributed by atoms with Gasteiger partial charge in [-0.1, -0.05) is 0 Å². The first-order chi connectivity index (χ1) is 17.7. The minimum Gasteiger partial charge on any atom is -0.484 e. The number of likely N-dealkylation sites (tertiary alicyclic amines) is 1. The summed E-state index contributed by atoms with van der Waals surface area (Å²) in [6.07, 6.45) is 0.296. The van der Waals surface area contributed by atoms with Crippen molar-refractivity contribution >= 4 is 29.7 Å². The molecule has 3 aliphatic heterocycles. The Bertz CT molecular complexity index is 1280. The van der Waals surface area contributed by atoms with Gasteiger partial charge in [0, 0.05) is 43.7 Å². The van der Waals surface area contributed by atoms with Crippen molar-refractivity contribution in [3.63, 3.8) is 0 Å². The summed E-state index contributed by atoms with van der Waals surface area (Å²) in [6.45, 7) is 0.257. The number of nitrogens with two attached hydrogens (primary N) is 1. The van der Waals surface area contributed by atoms with E-state index in [0.717, 1.165) is 29.3 Å². The van der Waals surface area contributed by atoms with Crippen molar-refractivity contribution < 1.29 is 37.0 Å². The van der Waals surface area contributed by atoms with Crippen molar-refractivity contribution in [2.24, 2.45) is 10.8 Å². The second-order valence-corrected chi connectivity index (χ2v) is 8.90. The summed E-state index contributed by atoms with van der Waals surface area (Å²) in [4.78, 5) is 37.6. The normalized spacial score (nSPS) is 20.7. The van der Waals surface area contributed by atoms with Crippen LogP contribution in [0.5, 0.6) is 11.5 Å². The maximum Gasteiger partial charge on any atom is 0.341 e. The van der Waals surface area contributed by atoms with Crippen molar-refractivity contribution in [2.45, 2.75) is 37.5 Å². The van der Waals surface area contributed by atoms with Crippen molar-refractivity contribution in [1.82, 2.24) is 9.91 Å². The first-order valence-corrected chi connectivity index (χ1v) is 11.5. The van der Waals surface area contributed by atoms with Crippen molar-refractivity contribution in [3.8, 4) is 11.5 Å². The minimum atomic E-state index is -0.974. The van der Waals surface area contributed by atoms with E-state index in [4.69, 9.17) is 15.2 Å². The number of amides is 4. The molecule has 13 heteroatoms. The first-order valence-electron chi connectivity index (χ1n) is 11.5. The lowest BCUT2D eigenvalue weighted by Gasteiger charge is -2.41. The van der Waals surface area contributed by atoms with Crippen LogP contribution < -0.4 is 20.5 Å². The SMILES string of the molecule is NC(=O)CCC1Oc2cc(F)c(OC3CN(C(=O)N4N=CCC4c4cc(F)cc(F)c4)C3)cc2NC1=O. The molecule has 2 aromatic carbocycles. The lowest BCUT2D eigenvalue weighted by Crippen LogP contribution is -2.58. The van der Waals surface area contributed by atoms with E-state index in [1.165, 1.54) is 17.2 Å². The second-order valence-electron chi connectivity index (χ2n) is 8.90. The minimum absolute atomic E-state index is 0.0580. The molecule has 2 unspecified atom stereocenters. The number of hydrogen-bond acceptors (Lipinski definition) is 6. The number of carbonyl (C=O) groups is 3. The summed E-state index contributed by atoms with van der Waals surface area (Å²) in [5.41, 5.74) is 5.60. The topological polar surface area (TPSA) is 127 Å². The Balaban J connectivity index is 1.20. The summed E-state index contributed by atoms with van der Waals surface area (Å²) in [6, 6.07) is 4.31. The fourth-order valence-electron chi connectivity index (χ4n) is 4.34. The van der Waals surface area contributed by atoms with Gasteiger partial charge in [-0.2, -0.15) is 5.10 Å². The number of urea groups is 1. The highest BCUT2D eigenvalue weighted by atomic mass is 19.1. The number of rotatable bonds is 6. The second kappa shape index (κ2) is 9.64. The molecule has 2 aromatic rings. The van der Waals surface area contributed by atoms with Crippen molar-refractivity contribution in [1.29, 1.82) is 0 Å². The van der Waals surface area contributed by atoms with E-state index < -0.39 is 53.5 Å². The molecule has 3 heterocycles. The molecule has 0 aliphatic carbocycles. The maximum absolute atomic E-state index is 14.7. The van der Waals surface area contributed by atoms with Crippen LogP contribution in [0.3, 0.4) is 0 Å². The van der Waals surface area contributed by atoms with E-state index in [0.29, 0.717) is 6.42 Å². The number of hydrazone groups is 1. The number of fused-ring (bicyclic) bond motifs is 1. The molecule has 0 radical (unpaired) electrons. The van der Waals surface area contributed by atoms with Crippen molar-refractivity contribution in [3.05, 3.63) is 53.3 Å². The highest BCUT2D eigenvalue weighted by molar-refractivity contribution is 5.98. The van der Waals surface area contributed by atoms with Crippen LogP contribution in [0.2, 0.25) is 0 Å². The van der Waals surface area contributed by atoms with E-state index >= 15 is 0 Å². The van der Waals surface area contributed by atoms with Gasteiger partial charge in [0.1, 0.15) is 23.5 Å². The number of halogens is 3. The number of anilines is 1. The average molecular weight is 517 g/mol. The van der Waals surface area contributed by atoms with Gasteiger partial charge in [-0.3, -0.25) is 9.59 Å². The quantitative estimate of drug-likeness (QED) is 0.609. The molecule has 37 heavy (non-hydrogen) atoms. The fraction of sp³-hybridized carbons (Fsp3) is 0.333. The lowest BCUT2D eigenvalue weighted by atomic mass is 10.0. The van der Waals surface area contributed by atoms with E-state index in [2.05, 4.69) is 10.4 Å². The predicted octanol–water partition coefficient (Wildman–Crippen LogP) is 2.68. The van der Waals surface area contributed by atoms with Gasteiger partial charge >= 0.3 is 6.03 Å². The molecule has 0 bridgehead atoms. The number of carbonyl (C=O) groups excluding carboxylic acids is 3. The van der Waals surface area contributed by atoms with Gasteiger partial charge in [-0.15, -0.1) is 0 Å². The average Bonchev–Trinajstić information content (AvgIpc) is 3.29. The molecule has 1 saturated heterocycles. The predicted molar refractivity (Wildman–Crippen MR) is 123 cm³/mol. The smallest absolute Gasteiger partial charge is 0.341 e. The first kappa shape index (κ1) is 24.4. The largest absolute Gasteiger partial charge is 0.484 e. The molecule has 2 atom stereocenters. The monoisotopic (exact) mass is 517 g/mol. The number of nitrogens with zero attached hydrogens (tertiary/aromatic N) is 3. The summed E-state index contributed by atoms with van der Waals surface area (Å²) in [5, 5.41) is 7.81. The number of nitrogens with one attached hydrogen (secondary N) is 1. The molecular formula is C24H22F3N5O5. The van der Waals surface area contributed by atoms with Crippen LogP contribution in [0.15, 0.2) is 35.4 Å². The van der Waals surface area contributed by atoms with Gasteiger partial charge in [0.25, 0.3) is 5.91 Å². The number of benzene rings is 2. The van der Waals surface area contributed by atoms with Gasteiger partial charge < -0.3 is 25.4 Å². The van der Waals surface area contributed by atoms with Crippen LogP contribution in [0.1, 0.15) is 30.9 Å². The van der Waals surface area contributed by atoms with Crippen LogP contribution in [0.4, 0.5) is 23.7 Å². The third kappa shape index (κ3) is 5.01. The number of primary amides is 1. The zero-order valence-corrected chi connectivity index (χ0v) is 19.3. The summed E-state index contributed by atoms with van der Waals surface area (Å²) in [7, 11) is 0. The van der Waals surface area contributed by atoms with E-state index in [-0.39, 0.29) is 48.7 Å². The third-order valence-electron chi connectivity index (χ3n) is 6.21. The van der Waals surface area contributed by atoms with Crippen LogP contribution in [0.25, 0.3) is 0 Å².